The number of carbonyl (C=O) groups excluding carboxylic acids is 2. The van der Waals surface area contributed by atoms with Gasteiger partial charge in [-0.05, 0) is 59.5 Å². The monoisotopic (exact) mass is 464 g/mol. The fraction of sp³-hybridized carbons (Fsp3) is 0.133. The highest BCUT2D eigenvalue weighted by atomic mass is 16.5. The predicted molar refractivity (Wildman–Crippen MR) is 139 cm³/mol. The Bertz CT molecular complexity index is 1240. The molecule has 5 nitrogen and oxygen atoms in total. The molecular formula is C30H28N2O3. The van der Waals surface area contributed by atoms with Gasteiger partial charge in [-0.1, -0.05) is 79.7 Å². The summed E-state index contributed by atoms with van der Waals surface area (Å²) in [7, 11) is 0. The summed E-state index contributed by atoms with van der Waals surface area (Å²) >= 11 is 0. The van der Waals surface area contributed by atoms with E-state index >= 15 is 0 Å². The van der Waals surface area contributed by atoms with Gasteiger partial charge in [-0.3, -0.25) is 9.59 Å². The van der Waals surface area contributed by atoms with Gasteiger partial charge in [0.2, 0.25) is 0 Å². The number of ether oxygens (including phenoxy) is 1. The summed E-state index contributed by atoms with van der Waals surface area (Å²) < 4.78 is 5.95. The van der Waals surface area contributed by atoms with E-state index in [0.717, 1.165) is 16.7 Å². The Morgan fingerprint density at radius 1 is 0.743 bits per heavy atom. The van der Waals surface area contributed by atoms with Gasteiger partial charge in [-0.15, -0.1) is 0 Å². The van der Waals surface area contributed by atoms with E-state index < -0.39 is 6.10 Å². The van der Waals surface area contributed by atoms with E-state index in [9.17, 15) is 9.59 Å². The van der Waals surface area contributed by atoms with Crippen molar-refractivity contribution in [1.82, 2.24) is 5.32 Å². The first-order valence-electron chi connectivity index (χ1n) is 11.7. The molecule has 0 fully saturated rings. The molecule has 5 heteroatoms. The molecule has 1 atom stereocenters. The Balaban J connectivity index is 1.31. The summed E-state index contributed by atoms with van der Waals surface area (Å²) in [5.74, 6) is 0.235. The van der Waals surface area contributed by atoms with Gasteiger partial charge < -0.3 is 15.4 Å². The fourth-order valence-corrected chi connectivity index (χ4v) is 3.65. The van der Waals surface area contributed by atoms with Crippen LogP contribution in [0, 0.1) is 0 Å². The number of anilines is 1. The van der Waals surface area contributed by atoms with E-state index in [1.165, 1.54) is 0 Å². The smallest absolute Gasteiger partial charge is 0.265 e. The topological polar surface area (TPSA) is 67.4 Å². The minimum atomic E-state index is -0.633. The van der Waals surface area contributed by atoms with Crippen LogP contribution in [0.5, 0.6) is 5.75 Å². The lowest BCUT2D eigenvalue weighted by atomic mass is 10.1. The number of hydrogen-bond donors (Lipinski definition) is 2. The van der Waals surface area contributed by atoms with Crippen molar-refractivity contribution in [3.8, 4) is 16.9 Å². The highest BCUT2D eigenvalue weighted by Gasteiger charge is 2.19. The molecule has 35 heavy (non-hydrogen) atoms. The van der Waals surface area contributed by atoms with Crippen molar-refractivity contribution >= 4 is 17.5 Å². The second-order valence-electron chi connectivity index (χ2n) is 8.14. The summed E-state index contributed by atoms with van der Waals surface area (Å²) in [5.41, 5.74) is 4.38. The summed E-state index contributed by atoms with van der Waals surface area (Å²) in [5, 5.41) is 5.78. The van der Waals surface area contributed by atoms with Crippen molar-refractivity contribution in [2.24, 2.45) is 0 Å². The highest BCUT2D eigenvalue weighted by molar-refractivity contribution is 5.97. The van der Waals surface area contributed by atoms with Gasteiger partial charge in [0, 0.05) is 17.8 Å². The van der Waals surface area contributed by atoms with Crippen LogP contribution in [-0.4, -0.2) is 17.9 Å². The van der Waals surface area contributed by atoms with Gasteiger partial charge >= 0.3 is 0 Å². The van der Waals surface area contributed by atoms with Crippen molar-refractivity contribution in [2.45, 2.75) is 26.0 Å². The summed E-state index contributed by atoms with van der Waals surface area (Å²) in [4.78, 5) is 25.2. The quantitative estimate of drug-likeness (QED) is 0.315. The second-order valence-corrected chi connectivity index (χ2v) is 8.14. The van der Waals surface area contributed by atoms with Crippen molar-refractivity contribution in [3.63, 3.8) is 0 Å². The Morgan fingerprint density at radius 2 is 1.34 bits per heavy atom. The molecule has 0 bridgehead atoms. The number of amides is 2. The number of hydrogen-bond acceptors (Lipinski definition) is 3. The summed E-state index contributed by atoms with van der Waals surface area (Å²) in [6, 6.07) is 34.4. The molecule has 0 saturated carbocycles. The van der Waals surface area contributed by atoms with Crippen LogP contribution in [0.15, 0.2) is 109 Å². The van der Waals surface area contributed by atoms with Gasteiger partial charge in [-0.25, -0.2) is 0 Å². The van der Waals surface area contributed by atoms with Crippen LogP contribution >= 0.6 is 0 Å². The lowest BCUT2D eigenvalue weighted by Crippen LogP contribution is -2.32. The van der Waals surface area contributed by atoms with E-state index in [-0.39, 0.29) is 11.8 Å². The van der Waals surface area contributed by atoms with E-state index in [0.29, 0.717) is 30.0 Å². The molecule has 176 valence electrons. The van der Waals surface area contributed by atoms with Gasteiger partial charge in [0.15, 0.2) is 6.10 Å². The van der Waals surface area contributed by atoms with E-state index in [1.807, 2.05) is 79.7 Å². The molecule has 0 aromatic heterocycles. The Kier molecular flexibility index (Phi) is 7.92. The Morgan fingerprint density at radius 3 is 1.97 bits per heavy atom. The largest absolute Gasteiger partial charge is 0.481 e. The Labute approximate surface area is 205 Å². The van der Waals surface area contributed by atoms with E-state index in [2.05, 4.69) is 22.8 Å². The lowest BCUT2D eigenvalue weighted by molar-refractivity contribution is -0.122. The van der Waals surface area contributed by atoms with Crippen LogP contribution in [0.1, 0.15) is 29.3 Å². The zero-order valence-electron chi connectivity index (χ0n) is 19.6. The van der Waals surface area contributed by atoms with Crippen LogP contribution in [-0.2, 0) is 11.3 Å². The van der Waals surface area contributed by atoms with Crippen LogP contribution in [0.4, 0.5) is 5.69 Å². The molecular weight excluding hydrogens is 436 g/mol. The van der Waals surface area contributed by atoms with E-state index in [1.54, 1.807) is 24.3 Å². The first kappa shape index (κ1) is 23.8. The van der Waals surface area contributed by atoms with Crippen molar-refractivity contribution in [3.05, 3.63) is 120 Å². The molecule has 2 amide bonds. The average Bonchev–Trinajstić information content (AvgIpc) is 2.92. The molecule has 0 saturated heterocycles. The molecule has 0 aliphatic heterocycles. The SMILES string of the molecule is CCC(Oc1ccc(-c2ccccc2)cc1)C(=O)Nc1ccc(C(=O)NCc2ccccc2)cc1. The lowest BCUT2D eigenvalue weighted by Gasteiger charge is -2.18. The maximum Gasteiger partial charge on any atom is 0.265 e. The normalized spacial score (nSPS) is 11.3. The zero-order valence-corrected chi connectivity index (χ0v) is 19.6. The minimum Gasteiger partial charge on any atom is -0.481 e. The minimum absolute atomic E-state index is 0.166. The number of rotatable bonds is 9. The van der Waals surface area contributed by atoms with Gasteiger partial charge in [-0.2, -0.15) is 0 Å². The molecule has 0 aliphatic rings. The fourth-order valence-electron chi connectivity index (χ4n) is 3.65. The molecule has 0 aliphatic carbocycles. The first-order valence-corrected chi connectivity index (χ1v) is 11.7. The molecule has 1 unspecified atom stereocenters. The van der Waals surface area contributed by atoms with Gasteiger partial charge in [0.05, 0.1) is 0 Å². The maximum atomic E-state index is 12.8. The zero-order chi connectivity index (χ0) is 24.5. The Hall–Kier alpha value is -4.38. The average molecular weight is 465 g/mol. The number of nitrogens with one attached hydrogen (secondary N) is 2. The van der Waals surface area contributed by atoms with Crippen LogP contribution in [0.3, 0.4) is 0 Å². The highest BCUT2D eigenvalue weighted by Crippen LogP contribution is 2.23. The first-order chi connectivity index (χ1) is 17.1. The van der Waals surface area contributed by atoms with Crippen LogP contribution in [0.25, 0.3) is 11.1 Å². The summed E-state index contributed by atoms with van der Waals surface area (Å²) in [6.07, 6.45) is -0.113. The second kappa shape index (κ2) is 11.7. The van der Waals surface area contributed by atoms with Crippen LogP contribution in [0.2, 0.25) is 0 Å². The van der Waals surface area contributed by atoms with Gasteiger partial charge in [0.25, 0.3) is 11.8 Å². The van der Waals surface area contributed by atoms with E-state index in [4.69, 9.17) is 4.74 Å². The third kappa shape index (κ3) is 6.58. The number of benzene rings is 4. The molecule has 0 heterocycles. The number of carbonyl (C=O) groups is 2. The molecule has 4 rings (SSSR count). The third-order valence-electron chi connectivity index (χ3n) is 5.61. The molecule has 0 spiro atoms. The predicted octanol–water partition coefficient (Wildman–Crippen LogP) is 6.08. The standard InChI is InChI=1S/C30H28N2O3/c1-2-28(35-27-19-15-24(16-20-27)23-11-7-4-8-12-23)30(34)32-26-17-13-25(14-18-26)29(33)31-21-22-9-5-3-6-10-22/h3-20,28H,2,21H2,1H3,(H,31,33)(H,32,34). The summed E-state index contributed by atoms with van der Waals surface area (Å²) in [6.45, 7) is 2.36. The maximum absolute atomic E-state index is 12.8. The van der Waals surface area contributed by atoms with Crippen molar-refractivity contribution in [2.75, 3.05) is 5.32 Å². The molecule has 4 aromatic carbocycles. The van der Waals surface area contributed by atoms with Crippen LogP contribution < -0.4 is 15.4 Å². The molecule has 4 aromatic rings. The molecule has 0 radical (unpaired) electrons. The van der Waals surface area contributed by atoms with Crippen molar-refractivity contribution < 1.29 is 14.3 Å². The van der Waals surface area contributed by atoms with Gasteiger partial charge in [0.1, 0.15) is 5.75 Å². The third-order valence-corrected chi connectivity index (χ3v) is 5.61. The molecule has 2 N–H and O–H groups in total. The van der Waals surface area contributed by atoms with Crippen molar-refractivity contribution in [1.29, 1.82) is 0 Å².